The first-order chi connectivity index (χ1) is 19.1. The van der Waals surface area contributed by atoms with Crippen LogP contribution in [0.4, 0.5) is 0 Å². The lowest BCUT2D eigenvalue weighted by Crippen LogP contribution is -2.18. The van der Waals surface area contributed by atoms with E-state index in [0.29, 0.717) is 6.42 Å². The smallest absolute Gasteiger partial charge is 0.306 e. The zero-order chi connectivity index (χ0) is 28.7. The summed E-state index contributed by atoms with van der Waals surface area (Å²) in [4.78, 5) is 23.1. The van der Waals surface area contributed by atoms with E-state index in [1.165, 1.54) is 89.9 Å². The number of ether oxygens (including phenoxy) is 1. The van der Waals surface area contributed by atoms with Crippen LogP contribution in [-0.4, -0.2) is 23.1 Å². The van der Waals surface area contributed by atoms with Crippen LogP contribution < -0.4 is 0 Å². The van der Waals surface area contributed by atoms with Crippen LogP contribution in [0.3, 0.4) is 0 Å². The molecular weight excluding hydrogens is 484 g/mol. The Kier molecular flexibility index (Phi) is 29.7. The number of allylic oxidation sites excluding steroid dienone is 4. The van der Waals surface area contributed by atoms with Gasteiger partial charge in [-0.1, -0.05) is 122 Å². The van der Waals surface area contributed by atoms with E-state index < -0.39 is 5.97 Å². The van der Waals surface area contributed by atoms with Gasteiger partial charge in [-0.15, -0.1) is 0 Å². The van der Waals surface area contributed by atoms with Crippen molar-refractivity contribution in [1.82, 2.24) is 0 Å². The minimum atomic E-state index is -0.714. The molecular formula is C35H64O4. The minimum Gasteiger partial charge on any atom is -0.481 e. The molecule has 0 saturated carbocycles. The van der Waals surface area contributed by atoms with Crippen LogP contribution in [0.1, 0.15) is 181 Å². The number of rotatable bonds is 30. The molecule has 0 radical (unpaired) electrons. The summed E-state index contributed by atoms with van der Waals surface area (Å²) in [6.07, 6.45) is 37.7. The number of unbranched alkanes of at least 4 members (excludes halogenated alkanes) is 17. The fraction of sp³-hybridized carbons (Fsp3) is 0.829. The molecule has 39 heavy (non-hydrogen) atoms. The van der Waals surface area contributed by atoms with Crippen molar-refractivity contribution in [3.8, 4) is 0 Å². The number of hydrogen-bond acceptors (Lipinski definition) is 3. The third kappa shape index (κ3) is 30.8. The summed E-state index contributed by atoms with van der Waals surface area (Å²) in [6, 6.07) is 0. The molecule has 1 atom stereocenters. The van der Waals surface area contributed by atoms with Gasteiger partial charge in [-0.05, 0) is 70.6 Å². The summed E-state index contributed by atoms with van der Waals surface area (Å²) >= 11 is 0. The summed E-state index contributed by atoms with van der Waals surface area (Å²) in [5.74, 6) is -0.740. The van der Waals surface area contributed by atoms with Gasteiger partial charge in [0.05, 0.1) is 0 Å². The summed E-state index contributed by atoms with van der Waals surface area (Å²) in [5, 5.41) is 8.77. The lowest BCUT2D eigenvalue weighted by atomic mass is 10.0. The van der Waals surface area contributed by atoms with Gasteiger partial charge in [-0.25, -0.2) is 0 Å². The van der Waals surface area contributed by atoms with Crippen molar-refractivity contribution in [2.24, 2.45) is 0 Å². The maximum Gasteiger partial charge on any atom is 0.306 e. The fourth-order valence-corrected chi connectivity index (χ4v) is 4.92. The number of carbonyl (C=O) groups is 2. The zero-order valence-corrected chi connectivity index (χ0v) is 25.9. The predicted molar refractivity (Wildman–Crippen MR) is 167 cm³/mol. The van der Waals surface area contributed by atoms with Crippen LogP contribution in [0, 0.1) is 0 Å². The molecule has 0 aliphatic heterocycles. The van der Waals surface area contributed by atoms with Crippen molar-refractivity contribution in [2.45, 2.75) is 187 Å². The van der Waals surface area contributed by atoms with Gasteiger partial charge in [-0.2, -0.15) is 0 Å². The highest BCUT2D eigenvalue weighted by Crippen LogP contribution is 2.18. The Balaban J connectivity index is 3.83. The zero-order valence-electron chi connectivity index (χ0n) is 25.9. The molecule has 1 unspecified atom stereocenters. The van der Waals surface area contributed by atoms with Gasteiger partial charge < -0.3 is 9.84 Å². The van der Waals surface area contributed by atoms with E-state index in [0.717, 1.165) is 64.2 Å². The maximum atomic E-state index is 12.5. The Bertz CT molecular complexity index is 595. The molecule has 0 aliphatic carbocycles. The van der Waals surface area contributed by atoms with Crippen LogP contribution in [-0.2, 0) is 14.3 Å². The van der Waals surface area contributed by atoms with Crippen molar-refractivity contribution < 1.29 is 19.4 Å². The van der Waals surface area contributed by atoms with Crippen molar-refractivity contribution in [3.05, 3.63) is 24.3 Å². The van der Waals surface area contributed by atoms with E-state index in [-0.39, 0.29) is 18.5 Å². The van der Waals surface area contributed by atoms with E-state index >= 15 is 0 Å². The van der Waals surface area contributed by atoms with E-state index in [2.05, 4.69) is 38.2 Å². The monoisotopic (exact) mass is 548 g/mol. The van der Waals surface area contributed by atoms with Crippen molar-refractivity contribution in [1.29, 1.82) is 0 Å². The normalized spacial score (nSPS) is 12.5. The van der Waals surface area contributed by atoms with Gasteiger partial charge in [0.1, 0.15) is 6.10 Å². The number of esters is 1. The molecule has 0 heterocycles. The van der Waals surface area contributed by atoms with Crippen LogP contribution >= 0.6 is 0 Å². The van der Waals surface area contributed by atoms with Crippen LogP contribution in [0.15, 0.2) is 24.3 Å². The molecule has 0 saturated heterocycles. The average Bonchev–Trinajstić information content (AvgIpc) is 2.91. The van der Waals surface area contributed by atoms with Crippen LogP contribution in [0.5, 0.6) is 0 Å². The van der Waals surface area contributed by atoms with Gasteiger partial charge >= 0.3 is 11.9 Å². The SMILES string of the molecule is CCCCC/C=C\C/C=C\CCCCCCCCCC(=O)OC(CCCCCCC)CCCCCCC(=O)O. The lowest BCUT2D eigenvalue weighted by molar-refractivity contribution is -0.150. The van der Waals surface area contributed by atoms with Gasteiger partial charge in [0.25, 0.3) is 0 Å². The summed E-state index contributed by atoms with van der Waals surface area (Å²) in [5.41, 5.74) is 0. The molecule has 1 N–H and O–H groups in total. The van der Waals surface area contributed by atoms with Gasteiger partial charge in [0.15, 0.2) is 0 Å². The number of carboxylic acid groups (broad SMARTS) is 1. The largest absolute Gasteiger partial charge is 0.481 e. The molecule has 4 heteroatoms. The van der Waals surface area contributed by atoms with Crippen LogP contribution in [0.25, 0.3) is 0 Å². The van der Waals surface area contributed by atoms with E-state index in [4.69, 9.17) is 9.84 Å². The molecule has 0 bridgehead atoms. The first-order valence-electron chi connectivity index (χ1n) is 16.8. The molecule has 0 aromatic carbocycles. The third-order valence-electron chi connectivity index (χ3n) is 7.43. The maximum absolute atomic E-state index is 12.5. The molecule has 228 valence electrons. The molecule has 0 fully saturated rings. The standard InChI is InChI=1S/C35H64O4/c1-3-5-7-9-10-11-12-13-14-15-16-17-18-19-20-22-28-32-35(38)39-33(29-25-21-8-6-4-2)30-26-23-24-27-31-34(36)37/h10-11,13-14,33H,3-9,12,15-32H2,1-2H3,(H,36,37)/b11-10-,14-13-. The Labute approximate surface area is 242 Å². The quantitative estimate of drug-likeness (QED) is 0.0550. The Hall–Kier alpha value is -1.58. The topological polar surface area (TPSA) is 63.6 Å². The van der Waals surface area contributed by atoms with Gasteiger partial charge in [-0.3, -0.25) is 9.59 Å². The first kappa shape index (κ1) is 37.4. The Morgan fingerprint density at radius 3 is 1.56 bits per heavy atom. The second-order valence-corrected chi connectivity index (χ2v) is 11.3. The first-order valence-corrected chi connectivity index (χ1v) is 16.8. The molecule has 0 amide bonds. The van der Waals surface area contributed by atoms with Crippen molar-refractivity contribution in [2.75, 3.05) is 0 Å². The summed E-state index contributed by atoms with van der Waals surface area (Å²) in [6.45, 7) is 4.48. The molecule has 0 aromatic rings. The molecule has 0 aromatic heterocycles. The van der Waals surface area contributed by atoms with E-state index in [1.54, 1.807) is 0 Å². The molecule has 4 nitrogen and oxygen atoms in total. The highest BCUT2D eigenvalue weighted by molar-refractivity contribution is 5.69. The van der Waals surface area contributed by atoms with Crippen molar-refractivity contribution >= 4 is 11.9 Å². The van der Waals surface area contributed by atoms with Crippen LogP contribution in [0.2, 0.25) is 0 Å². The summed E-state index contributed by atoms with van der Waals surface area (Å²) < 4.78 is 5.89. The second kappa shape index (κ2) is 31.0. The number of carbonyl (C=O) groups excluding carboxylic acids is 1. The Morgan fingerprint density at radius 1 is 0.564 bits per heavy atom. The van der Waals surface area contributed by atoms with Gasteiger partial charge in [0.2, 0.25) is 0 Å². The average molecular weight is 549 g/mol. The molecule has 0 rings (SSSR count). The fourth-order valence-electron chi connectivity index (χ4n) is 4.92. The summed E-state index contributed by atoms with van der Waals surface area (Å²) in [7, 11) is 0. The second-order valence-electron chi connectivity index (χ2n) is 11.3. The Morgan fingerprint density at radius 2 is 1.00 bits per heavy atom. The van der Waals surface area contributed by atoms with E-state index in [1.807, 2.05) is 0 Å². The van der Waals surface area contributed by atoms with E-state index in [9.17, 15) is 9.59 Å². The predicted octanol–water partition coefficient (Wildman–Crippen LogP) is 11.3. The number of carboxylic acids is 1. The van der Waals surface area contributed by atoms with Gasteiger partial charge in [0, 0.05) is 12.8 Å². The van der Waals surface area contributed by atoms with Crippen molar-refractivity contribution in [3.63, 3.8) is 0 Å². The highest BCUT2D eigenvalue weighted by Gasteiger charge is 2.14. The third-order valence-corrected chi connectivity index (χ3v) is 7.43. The molecule has 0 aliphatic rings. The number of aliphatic carboxylic acids is 1. The highest BCUT2D eigenvalue weighted by atomic mass is 16.5. The lowest BCUT2D eigenvalue weighted by Gasteiger charge is -2.18. The number of hydrogen-bond donors (Lipinski definition) is 1. The molecule has 0 spiro atoms. The minimum absolute atomic E-state index is 0.0259.